The molecular weight excluding hydrogens is 266 g/mol. The molecule has 2 rings (SSSR count). The van der Waals surface area contributed by atoms with Gasteiger partial charge in [-0.1, -0.05) is 11.6 Å². The third-order valence-corrected chi connectivity index (χ3v) is 3.66. The Labute approximate surface area is 117 Å². The molecule has 1 aliphatic carbocycles. The summed E-state index contributed by atoms with van der Waals surface area (Å²) >= 11 is 5.87. The fourth-order valence-corrected chi connectivity index (χ4v) is 2.52. The molecule has 104 valence electrons. The number of nitrogen functional groups attached to an aromatic ring is 1. The third kappa shape index (κ3) is 3.61. The van der Waals surface area contributed by atoms with Crippen molar-refractivity contribution in [1.82, 2.24) is 0 Å². The number of nitrogens with two attached hydrogens (primary N) is 1. The van der Waals surface area contributed by atoms with E-state index in [1.165, 1.54) is 6.07 Å². The zero-order valence-corrected chi connectivity index (χ0v) is 11.7. The molecule has 19 heavy (non-hydrogen) atoms. The van der Waals surface area contributed by atoms with Gasteiger partial charge in [-0.05, 0) is 37.5 Å². The Balaban J connectivity index is 2.02. The predicted octanol–water partition coefficient (Wildman–Crippen LogP) is 3.04. The van der Waals surface area contributed by atoms with E-state index >= 15 is 0 Å². The van der Waals surface area contributed by atoms with Crippen molar-refractivity contribution in [2.45, 2.75) is 37.9 Å². The average Bonchev–Trinajstić information content (AvgIpc) is 2.41. The number of carbonyl (C=O) groups is 1. The van der Waals surface area contributed by atoms with Gasteiger partial charge < -0.3 is 15.2 Å². The smallest absolute Gasteiger partial charge is 0.340 e. The lowest BCUT2D eigenvalue weighted by molar-refractivity contribution is -0.0148. The first-order valence-electron chi connectivity index (χ1n) is 6.39. The van der Waals surface area contributed by atoms with Gasteiger partial charge in [-0.2, -0.15) is 0 Å². The minimum atomic E-state index is -0.415. The van der Waals surface area contributed by atoms with E-state index in [0.29, 0.717) is 16.3 Å². The molecule has 4 nitrogen and oxygen atoms in total. The molecule has 1 aliphatic rings. The topological polar surface area (TPSA) is 61.5 Å². The number of anilines is 1. The fourth-order valence-electron chi connectivity index (χ4n) is 2.34. The van der Waals surface area contributed by atoms with Crippen LogP contribution >= 0.6 is 11.6 Å². The van der Waals surface area contributed by atoms with E-state index in [9.17, 15) is 4.79 Å². The van der Waals surface area contributed by atoms with Crippen molar-refractivity contribution in [2.24, 2.45) is 0 Å². The van der Waals surface area contributed by atoms with Crippen LogP contribution in [0, 0.1) is 0 Å². The summed E-state index contributed by atoms with van der Waals surface area (Å²) in [5, 5.41) is 0.472. The maximum atomic E-state index is 12.1. The summed E-state index contributed by atoms with van der Waals surface area (Å²) in [6, 6.07) is 4.79. The van der Waals surface area contributed by atoms with Crippen LogP contribution in [0.5, 0.6) is 0 Å². The molecule has 1 aromatic carbocycles. The Kier molecular flexibility index (Phi) is 4.66. The molecule has 1 aromatic rings. The van der Waals surface area contributed by atoms with E-state index in [-0.39, 0.29) is 12.2 Å². The Morgan fingerprint density at radius 1 is 1.37 bits per heavy atom. The lowest BCUT2D eigenvalue weighted by atomic mass is 9.95. The van der Waals surface area contributed by atoms with Crippen LogP contribution in [0.3, 0.4) is 0 Å². The van der Waals surface area contributed by atoms with E-state index in [1.54, 1.807) is 19.2 Å². The monoisotopic (exact) mass is 283 g/mol. The van der Waals surface area contributed by atoms with Gasteiger partial charge in [0.2, 0.25) is 0 Å². The molecule has 2 atom stereocenters. The first kappa shape index (κ1) is 14.2. The molecule has 0 aromatic heterocycles. The second-order valence-electron chi connectivity index (χ2n) is 4.78. The zero-order chi connectivity index (χ0) is 13.8. The summed E-state index contributed by atoms with van der Waals surface area (Å²) in [6.07, 6.45) is 3.69. The summed E-state index contributed by atoms with van der Waals surface area (Å²) in [5.41, 5.74) is 6.47. The Morgan fingerprint density at radius 3 is 2.84 bits per heavy atom. The Hall–Kier alpha value is -1.26. The number of rotatable bonds is 3. The van der Waals surface area contributed by atoms with Crippen molar-refractivity contribution in [3.8, 4) is 0 Å². The fraction of sp³-hybridized carbons (Fsp3) is 0.500. The molecular formula is C14H18ClNO3. The zero-order valence-electron chi connectivity index (χ0n) is 10.9. The van der Waals surface area contributed by atoms with E-state index in [2.05, 4.69) is 0 Å². The van der Waals surface area contributed by atoms with E-state index in [1.807, 2.05) is 0 Å². The first-order chi connectivity index (χ1) is 9.10. The van der Waals surface area contributed by atoms with Gasteiger partial charge in [0.1, 0.15) is 6.10 Å². The van der Waals surface area contributed by atoms with Gasteiger partial charge in [0.05, 0.1) is 11.7 Å². The number of ether oxygens (including phenoxy) is 2. The number of benzene rings is 1. The number of esters is 1. The van der Waals surface area contributed by atoms with E-state index < -0.39 is 5.97 Å². The van der Waals surface area contributed by atoms with Crippen LogP contribution in [-0.4, -0.2) is 25.3 Å². The van der Waals surface area contributed by atoms with Crippen molar-refractivity contribution in [3.05, 3.63) is 28.8 Å². The minimum absolute atomic E-state index is 0.107. The second kappa shape index (κ2) is 6.26. The number of methoxy groups -OCH3 is 1. The molecule has 5 heteroatoms. The van der Waals surface area contributed by atoms with Gasteiger partial charge in [-0.15, -0.1) is 0 Å². The van der Waals surface area contributed by atoms with Crippen molar-refractivity contribution in [1.29, 1.82) is 0 Å². The minimum Gasteiger partial charge on any atom is -0.459 e. The normalized spacial score (nSPS) is 23.1. The molecule has 0 amide bonds. The number of halogens is 1. The molecule has 1 fully saturated rings. The highest BCUT2D eigenvalue weighted by molar-refractivity contribution is 6.31. The highest BCUT2D eigenvalue weighted by Crippen LogP contribution is 2.25. The quantitative estimate of drug-likeness (QED) is 0.684. The summed E-state index contributed by atoms with van der Waals surface area (Å²) in [7, 11) is 1.68. The maximum Gasteiger partial charge on any atom is 0.340 e. The Bertz CT molecular complexity index is 464. The van der Waals surface area contributed by atoms with E-state index in [0.717, 1.165) is 25.7 Å². The van der Waals surface area contributed by atoms with Crippen LogP contribution < -0.4 is 5.73 Å². The lowest BCUT2D eigenvalue weighted by Gasteiger charge is -2.28. The van der Waals surface area contributed by atoms with Crippen LogP contribution in [-0.2, 0) is 9.47 Å². The van der Waals surface area contributed by atoms with Crippen molar-refractivity contribution in [3.63, 3.8) is 0 Å². The molecule has 0 heterocycles. The van der Waals surface area contributed by atoms with Crippen LogP contribution in [0.1, 0.15) is 36.0 Å². The van der Waals surface area contributed by atoms with Gasteiger partial charge >= 0.3 is 5.97 Å². The number of carbonyl (C=O) groups excluding carboxylic acids is 1. The van der Waals surface area contributed by atoms with Crippen LogP contribution in [0.15, 0.2) is 18.2 Å². The maximum absolute atomic E-state index is 12.1. The van der Waals surface area contributed by atoms with Gasteiger partial charge in [0, 0.05) is 24.2 Å². The van der Waals surface area contributed by atoms with Gasteiger partial charge in [-0.25, -0.2) is 4.79 Å². The van der Waals surface area contributed by atoms with Crippen LogP contribution in [0.2, 0.25) is 5.02 Å². The summed E-state index contributed by atoms with van der Waals surface area (Å²) in [5.74, 6) is -0.415. The number of hydrogen-bond acceptors (Lipinski definition) is 4. The van der Waals surface area contributed by atoms with Crippen LogP contribution in [0.25, 0.3) is 0 Å². The van der Waals surface area contributed by atoms with Gasteiger partial charge in [-0.3, -0.25) is 0 Å². The summed E-state index contributed by atoms with van der Waals surface area (Å²) in [6.45, 7) is 0. The highest BCUT2D eigenvalue weighted by atomic mass is 35.5. The third-order valence-electron chi connectivity index (χ3n) is 3.42. The van der Waals surface area contributed by atoms with E-state index in [4.69, 9.17) is 26.8 Å². The SMILES string of the molecule is COC1CCCC(OC(=O)c2cc(Cl)ccc2N)C1. The molecule has 0 bridgehead atoms. The molecule has 0 aliphatic heterocycles. The van der Waals surface area contributed by atoms with Gasteiger partial charge in [0.25, 0.3) is 0 Å². The number of hydrogen-bond donors (Lipinski definition) is 1. The Morgan fingerprint density at radius 2 is 2.11 bits per heavy atom. The van der Waals surface area contributed by atoms with Crippen molar-refractivity contribution >= 4 is 23.3 Å². The largest absolute Gasteiger partial charge is 0.459 e. The molecule has 1 saturated carbocycles. The van der Waals surface area contributed by atoms with Crippen molar-refractivity contribution in [2.75, 3.05) is 12.8 Å². The highest BCUT2D eigenvalue weighted by Gasteiger charge is 2.25. The summed E-state index contributed by atoms with van der Waals surface area (Å²) < 4.78 is 10.8. The standard InChI is InChI=1S/C14H18ClNO3/c1-18-10-3-2-4-11(8-10)19-14(17)12-7-9(15)5-6-13(12)16/h5-7,10-11H,2-4,8,16H2,1H3. The second-order valence-corrected chi connectivity index (χ2v) is 5.22. The summed E-state index contributed by atoms with van der Waals surface area (Å²) in [4.78, 5) is 12.1. The molecule has 0 spiro atoms. The lowest BCUT2D eigenvalue weighted by Crippen LogP contribution is -2.29. The molecule has 0 radical (unpaired) electrons. The van der Waals surface area contributed by atoms with Crippen molar-refractivity contribution < 1.29 is 14.3 Å². The van der Waals surface area contributed by atoms with Crippen LogP contribution in [0.4, 0.5) is 5.69 Å². The molecule has 0 saturated heterocycles. The average molecular weight is 284 g/mol. The predicted molar refractivity (Wildman–Crippen MR) is 74.3 cm³/mol. The van der Waals surface area contributed by atoms with Gasteiger partial charge in [0.15, 0.2) is 0 Å². The molecule has 2 unspecified atom stereocenters. The molecule has 2 N–H and O–H groups in total. The first-order valence-corrected chi connectivity index (χ1v) is 6.76.